The topological polar surface area (TPSA) is 26.3 Å². The Morgan fingerprint density at radius 1 is 1.18 bits per heavy atom. The van der Waals surface area contributed by atoms with Crippen LogP contribution in [0.3, 0.4) is 0 Å². The first-order chi connectivity index (χ1) is 7.63. The zero-order valence-corrected chi connectivity index (χ0v) is 8.65. The van der Waals surface area contributed by atoms with Gasteiger partial charge in [0.05, 0.1) is 0 Å². The summed E-state index contributed by atoms with van der Waals surface area (Å²) in [6.45, 7) is 0. The van der Waals surface area contributed by atoms with Gasteiger partial charge in [-0.15, -0.1) is 0 Å². The zero-order valence-electron chi connectivity index (χ0n) is 7.89. The molecule has 0 radical (unpaired) electrons. The Bertz CT molecular complexity index is 430. The van der Waals surface area contributed by atoms with Crippen molar-refractivity contribution in [3.63, 3.8) is 0 Å². The predicted octanol–water partition coefficient (Wildman–Crippen LogP) is 3.60. The Kier molecular flexibility index (Phi) is 3.61. The Balaban J connectivity index is 2.96. The summed E-state index contributed by atoms with van der Waals surface area (Å²) in [7, 11) is 0. The summed E-state index contributed by atoms with van der Waals surface area (Å²) in [6.07, 6.45) is -11.2. The molecule has 0 heterocycles. The van der Waals surface area contributed by atoms with E-state index in [2.05, 4.69) is 4.74 Å². The molecule has 17 heavy (non-hydrogen) atoms. The smallest absolute Gasteiger partial charge is 0.426 e. The maximum atomic E-state index is 12.5. The third-order valence-corrected chi connectivity index (χ3v) is 1.86. The Morgan fingerprint density at radius 3 is 2.24 bits per heavy atom. The van der Waals surface area contributed by atoms with E-state index >= 15 is 0 Å². The lowest BCUT2D eigenvalue weighted by Crippen LogP contribution is -2.41. The van der Waals surface area contributed by atoms with Crippen LogP contribution in [0.25, 0.3) is 0 Å². The van der Waals surface area contributed by atoms with Crippen molar-refractivity contribution < 1.29 is 31.5 Å². The lowest BCUT2D eigenvalue weighted by molar-refractivity contribution is -0.360. The summed E-state index contributed by atoms with van der Waals surface area (Å²) < 4.78 is 63.9. The molecule has 0 bridgehead atoms. The van der Waals surface area contributed by atoms with Crippen LogP contribution in [0.1, 0.15) is 10.4 Å². The monoisotopic (exact) mass is 274 g/mol. The van der Waals surface area contributed by atoms with Gasteiger partial charge in [-0.25, -0.2) is 0 Å². The van der Waals surface area contributed by atoms with Crippen molar-refractivity contribution in [1.82, 2.24) is 0 Å². The highest BCUT2D eigenvalue weighted by atomic mass is 35.5. The molecule has 1 aromatic rings. The normalized spacial score (nSPS) is 12.4. The zero-order chi connectivity index (χ0) is 13.3. The van der Waals surface area contributed by atoms with Gasteiger partial charge in [-0.05, 0) is 29.8 Å². The molecule has 0 amide bonds. The van der Waals surface area contributed by atoms with E-state index in [4.69, 9.17) is 11.6 Å². The highest BCUT2D eigenvalue weighted by Gasteiger charge is 2.61. The molecule has 0 saturated carbocycles. The van der Waals surface area contributed by atoms with Gasteiger partial charge < -0.3 is 4.74 Å². The molecule has 0 aliphatic heterocycles. The third kappa shape index (κ3) is 3.29. The number of rotatable bonds is 3. The second kappa shape index (κ2) is 4.48. The molecule has 2 nitrogen and oxygen atoms in total. The highest BCUT2D eigenvalue weighted by molar-refractivity contribution is 6.67. The molecule has 0 aliphatic carbocycles. The van der Waals surface area contributed by atoms with Crippen LogP contribution in [0.15, 0.2) is 24.3 Å². The van der Waals surface area contributed by atoms with Crippen molar-refractivity contribution in [2.75, 3.05) is 0 Å². The Morgan fingerprint density at radius 2 is 1.76 bits per heavy atom. The molecule has 94 valence electrons. The molecule has 0 aliphatic rings. The van der Waals surface area contributed by atoms with Gasteiger partial charge in [-0.3, -0.25) is 4.79 Å². The number of ether oxygens (including phenoxy) is 1. The van der Waals surface area contributed by atoms with E-state index < -0.39 is 23.3 Å². The van der Waals surface area contributed by atoms with Crippen LogP contribution in [-0.4, -0.2) is 17.5 Å². The number of carbonyl (C=O) groups is 1. The predicted molar refractivity (Wildman–Crippen MR) is 48.3 cm³/mol. The molecule has 1 rings (SSSR count). The van der Waals surface area contributed by atoms with E-state index in [1.807, 2.05) is 0 Å². The minimum atomic E-state index is -5.84. The van der Waals surface area contributed by atoms with Crippen LogP contribution in [0.4, 0.5) is 22.0 Å². The average Bonchev–Trinajstić information content (AvgIpc) is 2.15. The first-order valence-electron chi connectivity index (χ1n) is 4.07. The molecular formula is C9H4ClF5O2. The van der Waals surface area contributed by atoms with Crippen LogP contribution in [0.2, 0.25) is 0 Å². The lowest BCUT2D eigenvalue weighted by atomic mass is 10.2. The number of halogens is 6. The second-order valence-corrected chi connectivity index (χ2v) is 3.26. The lowest BCUT2D eigenvalue weighted by Gasteiger charge is -2.20. The fourth-order valence-electron chi connectivity index (χ4n) is 0.888. The molecule has 1 aromatic carbocycles. The van der Waals surface area contributed by atoms with E-state index in [0.717, 1.165) is 18.2 Å². The maximum Gasteiger partial charge on any atom is 0.499 e. The van der Waals surface area contributed by atoms with Crippen molar-refractivity contribution in [3.8, 4) is 5.75 Å². The molecule has 0 fully saturated rings. The van der Waals surface area contributed by atoms with Crippen LogP contribution in [0, 0.1) is 0 Å². The quantitative estimate of drug-likeness (QED) is 0.622. The summed E-state index contributed by atoms with van der Waals surface area (Å²) in [5.74, 6) is -0.807. The SMILES string of the molecule is O=C(Cl)c1cccc(OC(F)(F)C(F)(F)F)c1. The summed E-state index contributed by atoms with van der Waals surface area (Å²) in [5.41, 5.74) is -0.248. The van der Waals surface area contributed by atoms with Crippen LogP contribution < -0.4 is 4.74 Å². The number of carbonyl (C=O) groups excluding carboxylic acids is 1. The Hall–Kier alpha value is -1.37. The number of hydrogen-bond donors (Lipinski definition) is 0. The van der Waals surface area contributed by atoms with E-state index in [1.165, 1.54) is 0 Å². The first-order valence-corrected chi connectivity index (χ1v) is 4.45. The largest absolute Gasteiger partial charge is 0.499 e. The van der Waals surface area contributed by atoms with Gasteiger partial charge in [0.25, 0.3) is 5.24 Å². The maximum absolute atomic E-state index is 12.5. The summed E-state index contributed by atoms with van der Waals surface area (Å²) in [4.78, 5) is 10.7. The molecule has 0 atom stereocenters. The van der Waals surface area contributed by atoms with Crippen LogP contribution >= 0.6 is 11.6 Å². The van der Waals surface area contributed by atoms with Crippen molar-refractivity contribution in [2.24, 2.45) is 0 Å². The van der Waals surface area contributed by atoms with Gasteiger partial charge >= 0.3 is 12.3 Å². The van der Waals surface area contributed by atoms with Crippen molar-refractivity contribution in [2.45, 2.75) is 12.3 Å². The number of hydrogen-bond acceptors (Lipinski definition) is 2. The van der Waals surface area contributed by atoms with Gasteiger partial charge in [-0.2, -0.15) is 22.0 Å². The molecule has 0 unspecified atom stereocenters. The third-order valence-electron chi connectivity index (χ3n) is 1.64. The second-order valence-electron chi connectivity index (χ2n) is 2.92. The number of alkyl halides is 5. The molecule has 8 heteroatoms. The molecule has 0 N–H and O–H groups in total. The van der Waals surface area contributed by atoms with Gasteiger partial charge in [0.1, 0.15) is 5.75 Å². The van der Waals surface area contributed by atoms with Crippen molar-refractivity contribution >= 4 is 16.8 Å². The van der Waals surface area contributed by atoms with E-state index in [0.29, 0.717) is 6.07 Å². The highest BCUT2D eigenvalue weighted by Crippen LogP contribution is 2.37. The number of benzene rings is 1. The fourth-order valence-corrected chi connectivity index (χ4v) is 1.01. The molecular weight excluding hydrogens is 271 g/mol. The van der Waals surface area contributed by atoms with Crippen LogP contribution in [0.5, 0.6) is 5.75 Å². The van der Waals surface area contributed by atoms with Gasteiger partial charge in [0.2, 0.25) is 0 Å². The summed E-state index contributed by atoms with van der Waals surface area (Å²) in [5, 5.41) is -0.995. The first kappa shape index (κ1) is 13.7. The van der Waals surface area contributed by atoms with Crippen molar-refractivity contribution in [3.05, 3.63) is 29.8 Å². The average molecular weight is 275 g/mol. The standard InChI is InChI=1S/C9H4ClF5O2/c10-7(16)5-2-1-3-6(4-5)17-9(14,15)8(11,12)13/h1-4H. The summed E-state index contributed by atoms with van der Waals surface area (Å²) >= 11 is 5.03. The van der Waals surface area contributed by atoms with E-state index in [-0.39, 0.29) is 5.56 Å². The minimum absolute atomic E-state index is 0.248. The van der Waals surface area contributed by atoms with Gasteiger partial charge in [-0.1, -0.05) is 6.07 Å². The van der Waals surface area contributed by atoms with Gasteiger partial charge in [0.15, 0.2) is 0 Å². The minimum Gasteiger partial charge on any atom is -0.426 e. The molecule has 0 spiro atoms. The summed E-state index contributed by atoms with van der Waals surface area (Å²) in [6, 6.07) is 3.75. The van der Waals surface area contributed by atoms with Crippen LogP contribution in [-0.2, 0) is 0 Å². The van der Waals surface area contributed by atoms with E-state index in [1.54, 1.807) is 0 Å². The molecule has 0 saturated heterocycles. The van der Waals surface area contributed by atoms with Gasteiger partial charge in [0, 0.05) is 5.56 Å². The fraction of sp³-hybridized carbons (Fsp3) is 0.222. The van der Waals surface area contributed by atoms with E-state index in [9.17, 15) is 26.7 Å². The van der Waals surface area contributed by atoms with Crippen molar-refractivity contribution in [1.29, 1.82) is 0 Å². The molecule has 0 aromatic heterocycles. The Labute approximate surface area is 96.9 Å².